The molecule has 0 heterocycles. The number of hydrogen-bond donors (Lipinski definition) is 1. The molecule has 0 unspecified atom stereocenters. The number of benzene rings is 2. The van der Waals surface area contributed by atoms with Crippen molar-refractivity contribution in [3.63, 3.8) is 0 Å². The lowest BCUT2D eigenvalue weighted by atomic mass is 10.1. The second-order valence-electron chi connectivity index (χ2n) is 5.20. The molecule has 0 bridgehead atoms. The molecular formula is C18H20FNOS. The third-order valence-corrected chi connectivity index (χ3v) is 4.28. The summed E-state index contributed by atoms with van der Waals surface area (Å²) in [6.45, 7) is 2.64. The van der Waals surface area contributed by atoms with E-state index in [0.717, 1.165) is 11.3 Å². The number of amides is 1. The maximum atomic E-state index is 12.8. The van der Waals surface area contributed by atoms with Crippen molar-refractivity contribution in [2.45, 2.75) is 19.1 Å². The molecular weight excluding hydrogens is 297 g/mol. The predicted molar refractivity (Wildman–Crippen MR) is 90.5 cm³/mol. The van der Waals surface area contributed by atoms with Gasteiger partial charge in [-0.2, -0.15) is 0 Å². The van der Waals surface area contributed by atoms with Gasteiger partial charge >= 0.3 is 0 Å². The topological polar surface area (TPSA) is 29.1 Å². The molecule has 0 saturated carbocycles. The molecule has 0 aliphatic carbocycles. The molecule has 0 aliphatic heterocycles. The second kappa shape index (κ2) is 8.59. The number of carbonyl (C=O) groups excluding carboxylic acids is 1. The lowest BCUT2D eigenvalue weighted by Gasteiger charge is -2.06. The Labute approximate surface area is 135 Å². The number of carbonyl (C=O) groups is 1. The van der Waals surface area contributed by atoms with Gasteiger partial charge in [-0.05, 0) is 36.6 Å². The van der Waals surface area contributed by atoms with Crippen LogP contribution in [-0.4, -0.2) is 18.2 Å². The number of hydrogen-bond acceptors (Lipinski definition) is 2. The molecule has 4 heteroatoms. The molecule has 22 heavy (non-hydrogen) atoms. The first-order valence-corrected chi connectivity index (χ1v) is 8.43. The minimum Gasteiger partial charge on any atom is -0.355 e. The normalized spacial score (nSPS) is 10.5. The largest absolute Gasteiger partial charge is 0.355 e. The first kappa shape index (κ1) is 16.6. The summed E-state index contributed by atoms with van der Waals surface area (Å²) >= 11 is 1.61. The molecule has 0 fully saturated rings. The van der Waals surface area contributed by atoms with Crippen molar-refractivity contribution in [3.05, 3.63) is 71.0 Å². The van der Waals surface area contributed by atoms with Crippen molar-refractivity contribution in [1.29, 1.82) is 0 Å². The minimum atomic E-state index is -0.236. The van der Waals surface area contributed by atoms with Crippen LogP contribution in [0, 0.1) is 12.7 Å². The van der Waals surface area contributed by atoms with Crippen molar-refractivity contribution >= 4 is 17.7 Å². The van der Waals surface area contributed by atoms with Crippen LogP contribution in [0.4, 0.5) is 4.39 Å². The third-order valence-electron chi connectivity index (χ3n) is 3.27. The summed E-state index contributed by atoms with van der Waals surface area (Å²) in [6.07, 6.45) is 0.717. The maximum Gasteiger partial charge on any atom is 0.230 e. The summed E-state index contributed by atoms with van der Waals surface area (Å²) in [5.41, 5.74) is 3.50. The maximum absolute atomic E-state index is 12.8. The highest BCUT2D eigenvalue weighted by Gasteiger charge is 2.02. The summed E-state index contributed by atoms with van der Waals surface area (Å²) in [7, 11) is 0. The van der Waals surface area contributed by atoms with E-state index in [1.54, 1.807) is 23.9 Å². The molecule has 0 aliphatic rings. The van der Waals surface area contributed by atoms with E-state index in [4.69, 9.17) is 0 Å². The Hall–Kier alpha value is -1.81. The van der Waals surface area contributed by atoms with Crippen molar-refractivity contribution in [3.8, 4) is 0 Å². The highest BCUT2D eigenvalue weighted by Crippen LogP contribution is 2.12. The molecule has 0 radical (unpaired) electrons. The number of halogens is 1. The van der Waals surface area contributed by atoms with Crippen molar-refractivity contribution in [1.82, 2.24) is 5.32 Å². The fourth-order valence-electron chi connectivity index (χ4n) is 1.99. The van der Waals surface area contributed by atoms with Gasteiger partial charge in [-0.15, -0.1) is 11.8 Å². The predicted octanol–water partition coefficient (Wildman–Crippen LogP) is 3.73. The first-order chi connectivity index (χ1) is 10.6. The quantitative estimate of drug-likeness (QED) is 0.843. The second-order valence-corrected chi connectivity index (χ2v) is 6.19. The van der Waals surface area contributed by atoms with E-state index >= 15 is 0 Å². The van der Waals surface area contributed by atoms with Crippen LogP contribution >= 0.6 is 11.8 Å². The van der Waals surface area contributed by atoms with Crippen molar-refractivity contribution in [2.75, 3.05) is 12.3 Å². The van der Waals surface area contributed by atoms with Gasteiger partial charge < -0.3 is 5.32 Å². The first-order valence-electron chi connectivity index (χ1n) is 7.28. The monoisotopic (exact) mass is 317 g/mol. The van der Waals surface area contributed by atoms with Gasteiger partial charge in [0.15, 0.2) is 0 Å². The van der Waals surface area contributed by atoms with Gasteiger partial charge in [-0.1, -0.05) is 42.0 Å². The lowest BCUT2D eigenvalue weighted by molar-refractivity contribution is -0.118. The number of aryl methyl sites for hydroxylation is 1. The fraction of sp³-hybridized carbons (Fsp3) is 0.278. The van der Waals surface area contributed by atoms with Crippen LogP contribution in [0.5, 0.6) is 0 Å². The van der Waals surface area contributed by atoms with Crippen molar-refractivity contribution < 1.29 is 9.18 Å². The SMILES string of the molecule is Cc1ccc(CSCC(=O)NCCc2ccc(F)cc2)cc1. The molecule has 2 aromatic carbocycles. The van der Waals surface area contributed by atoms with E-state index < -0.39 is 0 Å². The molecule has 0 spiro atoms. The van der Waals surface area contributed by atoms with E-state index in [1.807, 2.05) is 0 Å². The van der Waals surface area contributed by atoms with Crippen LogP contribution in [0.15, 0.2) is 48.5 Å². The molecule has 116 valence electrons. The number of rotatable bonds is 7. The van der Waals surface area contributed by atoms with E-state index in [2.05, 4.69) is 36.5 Å². The molecule has 2 rings (SSSR count). The number of thioether (sulfide) groups is 1. The summed E-state index contributed by atoms with van der Waals surface area (Å²) in [5.74, 6) is 1.10. The zero-order valence-corrected chi connectivity index (χ0v) is 13.5. The molecule has 0 aromatic heterocycles. The van der Waals surface area contributed by atoms with Gasteiger partial charge in [-0.3, -0.25) is 4.79 Å². The summed E-state index contributed by atoms with van der Waals surface area (Å²) in [5, 5.41) is 2.89. The molecule has 1 N–H and O–H groups in total. The summed E-state index contributed by atoms with van der Waals surface area (Å²) < 4.78 is 12.8. The van der Waals surface area contributed by atoms with Crippen LogP contribution in [-0.2, 0) is 17.0 Å². The highest BCUT2D eigenvalue weighted by atomic mass is 32.2. The third kappa shape index (κ3) is 5.90. The Morgan fingerprint density at radius 3 is 2.36 bits per heavy atom. The summed E-state index contributed by atoms with van der Waals surface area (Å²) in [4.78, 5) is 11.7. The van der Waals surface area contributed by atoms with Gasteiger partial charge in [0, 0.05) is 12.3 Å². The lowest BCUT2D eigenvalue weighted by Crippen LogP contribution is -2.27. The Morgan fingerprint density at radius 2 is 1.68 bits per heavy atom. The Bertz CT molecular complexity index is 542. The highest BCUT2D eigenvalue weighted by molar-refractivity contribution is 7.99. The molecule has 0 atom stereocenters. The van der Waals surface area contributed by atoms with Gasteiger partial charge in [-0.25, -0.2) is 4.39 Å². The fourth-order valence-corrected chi connectivity index (χ4v) is 2.81. The average molecular weight is 317 g/mol. The number of nitrogens with one attached hydrogen (secondary N) is 1. The summed E-state index contributed by atoms with van der Waals surface area (Å²) in [6, 6.07) is 14.7. The van der Waals surface area contributed by atoms with Crippen LogP contribution in [0.25, 0.3) is 0 Å². The van der Waals surface area contributed by atoms with Crippen LogP contribution in [0.3, 0.4) is 0 Å². The van der Waals surface area contributed by atoms with Crippen molar-refractivity contribution in [2.24, 2.45) is 0 Å². The average Bonchev–Trinajstić information content (AvgIpc) is 2.51. The standard InChI is InChI=1S/C18H20FNOS/c1-14-2-4-16(5-3-14)12-22-13-18(21)20-11-10-15-6-8-17(19)9-7-15/h2-9H,10-13H2,1H3,(H,20,21). The van der Waals surface area contributed by atoms with E-state index in [0.29, 0.717) is 18.7 Å². The Balaban J connectivity index is 1.61. The molecule has 2 aromatic rings. The van der Waals surface area contributed by atoms with E-state index in [1.165, 1.54) is 23.3 Å². The zero-order chi connectivity index (χ0) is 15.8. The van der Waals surface area contributed by atoms with Crippen LogP contribution in [0.1, 0.15) is 16.7 Å². The molecule has 1 amide bonds. The Kier molecular flexibility index (Phi) is 6.46. The van der Waals surface area contributed by atoms with Gasteiger partial charge in [0.1, 0.15) is 5.82 Å². The van der Waals surface area contributed by atoms with Gasteiger partial charge in [0.25, 0.3) is 0 Å². The zero-order valence-electron chi connectivity index (χ0n) is 12.6. The van der Waals surface area contributed by atoms with Crippen LogP contribution in [0.2, 0.25) is 0 Å². The van der Waals surface area contributed by atoms with Gasteiger partial charge in [0.05, 0.1) is 5.75 Å². The van der Waals surface area contributed by atoms with Crippen LogP contribution < -0.4 is 5.32 Å². The van der Waals surface area contributed by atoms with E-state index in [9.17, 15) is 9.18 Å². The van der Waals surface area contributed by atoms with Gasteiger partial charge in [0.2, 0.25) is 5.91 Å². The minimum absolute atomic E-state index is 0.0409. The van der Waals surface area contributed by atoms with E-state index in [-0.39, 0.29) is 11.7 Å². The molecule has 0 saturated heterocycles. The Morgan fingerprint density at radius 1 is 1.05 bits per heavy atom. The smallest absolute Gasteiger partial charge is 0.230 e. The molecule has 2 nitrogen and oxygen atoms in total.